The Morgan fingerprint density at radius 1 is 1.26 bits per heavy atom. The molecule has 0 aliphatic carbocycles. The van der Waals surface area contributed by atoms with E-state index in [9.17, 15) is 4.79 Å². The van der Waals surface area contributed by atoms with E-state index in [0.29, 0.717) is 6.42 Å². The lowest BCUT2D eigenvalue weighted by molar-refractivity contribution is -0.329. The van der Waals surface area contributed by atoms with Crippen LogP contribution in [0.15, 0.2) is 24.3 Å². The van der Waals surface area contributed by atoms with Crippen molar-refractivity contribution < 1.29 is 9.78 Å². The number of aromatic nitrogens is 1. The van der Waals surface area contributed by atoms with E-state index in [0.717, 1.165) is 48.2 Å². The van der Waals surface area contributed by atoms with E-state index in [4.69, 9.17) is 0 Å². The lowest BCUT2D eigenvalue weighted by Gasteiger charge is -2.12. The summed E-state index contributed by atoms with van der Waals surface area (Å²) in [4.78, 5) is 18.1. The molecule has 4 nitrogen and oxygen atoms in total. The van der Waals surface area contributed by atoms with Crippen molar-refractivity contribution in [2.24, 2.45) is 0 Å². The minimum atomic E-state index is 0.134. The molecule has 122 valence electrons. The van der Waals surface area contributed by atoms with Crippen LogP contribution in [0.2, 0.25) is 0 Å². The van der Waals surface area contributed by atoms with Gasteiger partial charge in [0.25, 0.3) is 5.82 Å². The van der Waals surface area contributed by atoms with Crippen LogP contribution in [-0.2, 0) is 11.2 Å². The SMILES string of the molecule is CCCCCCC(=O)Nc1c2c([nH+]c3ccccc13)N(C)CC2. The number of nitrogens with zero attached hydrogens (tertiary/aromatic N) is 1. The van der Waals surface area contributed by atoms with Crippen LogP contribution in [0.5, 0.6) is 0 Å². The molecular formula is C19H26N3O+. The lowest BCUT2D eigenvalue weighted by atomic mass is 10.1. The smallest absolute Gasteiger partial charge is 0.280 e. The zero-order valence-electron chi connectivity index (χ0n) is 14.1. The highest BCUT2D eigenvalue weighted by Crippen LogP contribution is 2.34. The molecule has 23 heavy (non-hydrogen) atoms. The van der Waals surface area contributed by atoms with Gasteiger partial charge >= 0.3 is 0 Å². The van der Waals surface area contributed by atoms with Gasteiger partial charge < -0.3 is 5.32 Å². The molecule has 1 aromatic heterocycles. The summed E-state index contributed by atoms with van der Waals surface area (Å²) >= 11 is 0. The second kappa shape index (κ2) is 6.99. The van der Waals surface area contributed by atoms with Crippen LogP contribution < -0.4 is 15.2 Å². The maximum Gasteiger partial charge on any atom is 0.280 e. The number of hydrogen-bond acceptors (Lipinski definition) is 2. The molecule has 2 aromatic rings. The minimum absolute atomic E-state index is 0.134. The van der Waals surface area contributed by atoms with Crippen LogP contribution in [0.25, 0.3) is 10.9 Å². The van der Waals surface area contributed by atoms with Gasteiger partial charge in [-0.2, -0.15) is 0 Å². The molecule has 3 rings (SSSR count). The molecule has 0 atom stereocenters. The summed E-state index contributed by atoms with van der Waals surface area (Å²) in [6.45, 7) is 3.17. The van der Waals surface area contributed by atoms with Crippen LogP contribution in [-0.4, -0.2) is 19.5 Å². The molecule has 0 saturated heterocycles. The molecule has 2 heterocycles. The number of para-hydroxylation sites is 1. The van der Waals surface area contributed by atoms with Crippen molar-refractivity contribution in [3.63, 3.8) is 0 Å². The van der Waals surface area contributed by atoms with Crippen LogP contribution in [0, 0.1) is 0 Å². The molecule has 0 bridgehead atoms. The highest BCUT2D eigenvalue weighted by Gasteiger charge is 2.29. The topological polar surface area (TPSA) is 46.5 Å². The number of pyridine rings is 1. The number of benzene rings is 1. The number of aromatic amines is 1. The summed E-state index contributed by atoms with van der Waals surface area (Å²) in [7, 11) is 2.09. The van der Waals surface area contributed by atoms with Crippen molar-refractivity contribution in [3.05, 3.63) is 29.8 Å². The summed E-state index contributed by atoms with van der Waals surface area (Å²) in [5.74, 6) is 1.26. The molecule has 0 unspecified atom stereocenters. The molecule has 2 N–H and O–H groups in total. The number of anilines is 2. The molecule has 1 aliphatic rings. The Hall–Kier alpha value is -2.10. The van der Waals surface area contributed by atoms with Gasteiger partial charge in [-0.05, 0) is 18.6 Å². The second-order valence-electron chi connectivity index (χ2n) is 6.40. The number of rotatable bonds is 6. The summed E-state index contributed by atoms with van der Waals surface area (Å²) < 4.78 is 0. The number of fused-ring (bicyclic) bond motifs is 2. The lowest BCUT2D eigenvalue weighted by Crippen LogP contribution is -2.22. The summed E-state index contributed by atoms with van der Waals surface area (Å²) in [5, 5.41) is 4.30. The first-order valence-corrected chi connectivity index (χ1v) is 8.68. The van der Waals surface area contributed by atoms with E-state index in [1.165, 1.54) is 18.4 Å². The van der Waals surface area contributed by atoms with Gasteiger partial charge in [0.1, 0.15) is 5.52 Å². The quantitative estimate of drug-likeness (QED) is 0.829. The van der Waals surface area contributed by atoms with Crippen molar-refractivity contribution >= 4 is 28.3 Å². The molecule has 1 amide bonds. The van der Waals surface area contributed by atoms with Crippen LogP contribution >= 0.6 is 0 Å². The molecule has 0 spiro atoms. The molecule has 4 heteroatoms. The average Bonchev–Trinajstić information content (AvgIpc) is 2.93. The van der Waals surface area contributed by atoms with E-state index in [2.05, 4.69) is 41.3 Å². The van der Waals surface area contributed by atoms with Crippen molar-refractivity contribution in [1.82, 2.24) is 0 Å². The van der Waals surface area contributed by atoms with Crippen molar-refractivity contribution in [2.45, 2.75) is 45.4 Å². The Morgan fingerprint density at radius 2 is 2.09 bits per heavy atom. The van der Waals surface area contributed by atoms with E-state index in [1.807, 2.05) is 12.1 Å². The predicted octanol–water partition coefficient (Wildman–Crippen LogP) is 3.56. The van der Waals surface area contributed by atoms with E-state index >= 15 is 0 Å². The monoisotopic (exact) mass is 312 g/mol. The number of carbonyl (C=O) groups is 1. The Bertz CT molecular complexity index is 711. The molecule has 0 fully saturated rings. The Morgan fingerprint density at radius 3 is 2.91 bits per heavy atom. The summed E-state index contributed by atoms with van der Waals surface area (Å²) in [6.07, 6.45) is 6.08. The first-order valence-electron chi connectivity index (χ1n) is 8.68. The number of unbranched alkanes of at least 4 members (excludes halogenated alkanes) is 3. The molecule has 1 aromatic carbocycles. The van der Waals surface area contributed by atoms with Crippen molar-refractivity contribution in [3.8, 4) is 0 Å². The first kappa shape index (κ1) is 15.8. The predicted molar refractivity (Wildman–Crippen MR) is 94.9 cm³/mol. The van der Waals surface area contributed by atoms with Gasteiger partial charge in [-0.1, -0.05) is 38.3 Å². The maximum atomic E-state index is 12.4. The van der Waals surface area contributed by atoms with Gasteiger partial charge in [0, 0.05) is 18.2 Å². The van der Waals surface area contributed by atoms with Crippen molar-refractivity contribution in [2.75, 3.05) is 23.8 Å². The molecule has 0 radical (unpaired) electrons. The average molecular weight is 312 g/mol. The number of nitrogens with one attached hydrogen (secondary N) is 2. The molecule has 0 saturated carbocycles. The molecular weight excluding hydrogens is 286 g/mol. The minimum Gasteiger partial charge on any atom is -0.325 e. The summed E-state index contributed by atoms with van der Waals surface area (Å²) in [6, 6.07) is 8.20. The number of H-pyrrole nitrogens is 1. The maximum absolute atomic E-state index is 12.4. The molecule has 1 aliphatic heterocycles. The second-order valence-corrected chi connectivity index (χ2v) is 6.40. The van der Waals surface area contributed by atoms with Gasteiger partial charge in [-0.3, -0.25) is 9.69 Å². The first-order chi connectivity index (χ1) is 11.2. The Labute approximate surface area is 137 Å². The van der Waals surface area contributed by atoms with E-state index in [1.54, 1.807) is 0 Å². The fraction of sp³-hybridized carbons (Fsp3) is 0.474. The third-order valence-electron chi connectivity index (χ3n) is 4.64. The van der Waals surface area contributed by atoms with Crippen LogP contribution in [0.4, 0.5) is 11.5 Å². The Kier molecular flexibility index (Phi) is 4.79. The van der Waals surface area contributed by atoms with E-state index < -0.39 is 0 Å². The van der Waals surface area contributed by atoms with Crippen LogP contribution in [0.3, 0.4) is 0 Å². The van der Waals surface area contributed by atoms with Gasteiger partial charge in [0.2, 0.25) is 5.91 Å². The fourth-order valence-corrected chi connectivity index (χ4v) is 3.31. The van der Waals surface area contributed by atoms with Gasteiger partial charge in [0.05, 0.1) is 24.8 Å². The zero-order chi connectivity index (χ0) is 16.2. The van der Waals surface area contributed by atoms with Crippen molar-refractivity contribution in [1.29, 1.82) is 0 Å². The fourth-order valence-electron chi connectivity index (χ4n) is 3.31. The van der Waals surface area contributed by atoms with Crippen LogP contribution in [0.1, 0.15) is 44.6 Å². The largest absolute Gasteiger partial charge is 0.325 e. The van der Waals surface area contributed by atoms with E-state index in [-0.39, 0.29) is 5.91 Å². The normalized spacial score (nSPS) is 13.4. The number of hydrogen-bond donors (Lipinski definition) is 1. The third kappa shape index (κ3) is 3.31. The van der Waals surface area contributed by atoms with Gasteiger partial charge in [-0.15, -0.1) is 0 Å². The number of amides is 1. The number of likely N-dealkylation sites (N-methyl/N-ethyl adjacent to an activating group) is 1. The highest BCUT2D eigenvalue weighted by molar-refractivity contribution is 6.02. The zero-order valence-corrected chi connectivity index (χ0v) is 14.1. The summed E-state index contributed by atoms with van der Waals surface area (Å²) in [5.41, 5.74) is 3.30. The van der Waals surface area contributed by atoms with Gasteiger partial charge in [-0.25, -0.2) is 4.98 Å². The highest BCUT2D eigenvalue weighted by atomic mass is 16.1. The standard InChI is InChI=1S/C19H25N3O/c1-3-4-5-6-11-17(23)21-18-14-9-7-8-10-16(14)20-19-15(18)12-13-22(19)2/h7-10H,3-6,11-13H2,1-2H3,(H,20,21,23)/p+1. The Balaban J connectivity index is 1.86. The third-order valence-corrected chi connectivity index (χ3v) is 4.64. The van der Waals surface area contributed by atoms with Gasteiger partial charge in [0.15, 0.2) is 0 Å². The number of carbonyl (C=O) groups excluding carboxylic acids is 1.